The lowest BCUT2D eigenvalue weighted by Crippen LogP contribution is -2.43. The van der Waals surface area contributed by atoms with Crippen LogP contribution >= 0.6 is 11.3 Å². The molecule has 4 heteroatoms. The van der Waals surface area contributed by atoms with E-state index in [1.54, 1.807) is 11.3 Å². The van der Waals surface area contributed by atoms with E-state index in [2.05, 4.69) is 36.7 Å². The molecule has 0 spiro atoms. The Kier molecular flexibility index (Phi) is 4.40. The molecule has 2 unspecified atom stereocenters. The predicted octanol–water partition coefficient (Wildman–Crippen LogP) is 2.99. The maximum Gasteiger partial charge on any atom is 0.323 e. The Morgan fingerprint density at radius 3 is 2.67 bits per heavy atom. The van der Waals surface area contributed by atoms with Gasteiger partial charge < -0.3 is 4.74 Å². The molecular formula is C14H21NO2S. The van der Waals surface area contributed by atoms with Crippen LogP contribution in [0.25, 0.3) is 0 Å². The summed E-state index contributed by atoms with van der Waals surface area (Å²) in [6.45, 7) is 4.36. The summed E-state index contributed by atoms with van der Waals surface area (Å²) in [7, 11) is 1.47. The van der Waals surface area contributed by atoms with Gasteiger partial charge in [-0.3, -0.25) is 10.1 Å². The standard InChI is InChI=1S/C14H21NO2S/c1-9(2)12(11-5-4-8-18-11)15-13(10-6-7-10)14(16)17-3/h4-5,8-10,12-13,15H,6-7H2,1-3H3. The van der Waals surface area contributed by atoms with Gasteiger partial charge in [-0.15, -0.1) is 11.3 Å². The van der Waals surface area contributed by atoms with E-state index in [0.717, 1.165) is 12.8 Å². The first kappa shape index (κ1) is 13.6. The summed E-state index contributed by atoms with van der Waals surface area (Å²) in [5.74, 6) is 0.785. The zero-order valence-electron chi connectivity index (χ0n) is 11.2. The highest BCUT2D eigenvalue weighted by atomic mass is 32.1. The maximum absolute atomic E-state index is 11.8. The molecule has 0 bridgehead atoms. The lowest BCUT2D eigenvalue weighted by Gasteiger charge is -2.26. The second-order valence-corrected chi connectivity index (χ2v) is 6.22. The largest absolute Gasteiger partial charge is 0.468 e. The second kappa shape index (κ2) is 5.85. The third-order valence-electron chi connectivity index (χ3n) is 3.42. The topological polar surface area (TPSA) is 38.3 Å². The van der Waals surface area contributed by atoms with Gasteiger partial charge in [-0.1, -0.05) is 19.9 Å². The molecule has 1 N–H and O–H groups in total. The van der Waals surface area contributed by atoms with Crippen LogP contribution in [0.15, 0.2) is 17.5 Å². The van der Waals surface area contributed by atoms with E-state index >= 15 is 0 Å². The molecule has 1 aliphatic carbocycles. The predicted molar refractivity (Wildman–Crippen MR) is 73.6 cm³/mol. The van der Waals surface area contributed by atoms with E-state index in [9.17, 15) is 4.79 Å². The van der Waals surface area contributed by atoms with Gasteiger partial charge in [0.15, 0.2) is 0 Å². The number of carbonyl (C=O) groups excluding carboxylic acids is 1. The van der Waals surface area contributed by atoms with Crippen LogP contribution < -0.4 is 5.32 Å². The number of methoxy groups -OCH3 is 1. The van der Waals surface area contributed by atoms with Crippen LogP contribution in [0.1, 0.15) is 37.6 Å². The first-order chi connectivity index (χ1) is 8.63. The van der Waals surface area contributed by atoms with Crippen molar-refractivity contribution in [1.29, 1.82) is 0 Å². The second-order valence-electron chi connectivity index (χ2n) is 5.24. The van der Waals surface area contributed by atoms with Gasteiger partial charge in [0.2, 0.25) is 0 Å². The molecule has 0 aromatic carbocycles. The number of hydrogen-bond donors (Lipinski definition) is 1. The van der Waals surface area contributed by atoms with Crippen molar-refractivity contribution in [2.24, 2.45) is 11.8 Å². The normalized spacial score (nSPS) is 18.7. The molecule has 1 saturated carbocycles. The van der Waals surface area contributed by atoms with Gasteiger partial charge in [0.05, 0.1) is 7.11 Å². The van der Waals surface area contributed by atoms with Crippen molar-refractivity contribution in [2.45, 2.75) is 38.8 Å². The summed E-state index contributed by atoms with van der Waals surface area (Å²) in [5, 5.41) is 5.58. The lowest BCUT2D eigenvalue weighted by atomic mass is 10.0. The summed E-state index contributed by atoms with van der Waals surface area (Å²) in [6.07, 6.45) is 2.25. The molecule has 2 atom stereocenters. The third-order valence-corrected chi connectivity index (χ3v) is 4.38. The monoisotopic (exact) mass is 267 g/mol. The van der Waals surface area contributed by atoms with E-state index in [1.165, 1.54) is 12.0 Å². The Hall–Kier alpha value is -0.870. The van der Waals surface area contributed by atoms with Crippen molar-refractivity contribution in [3.63, 3.8) is 0 Å². The lowest BCUT2D eigenvalue weighted by molar-refractivity contribution is -0.144. The van der Waals surface area contributed by atoms with E-state index in [4.69, 9.17) is 4.74 Å². The fraction of sp³-hybridized carbons (Fsp3) is 0.643. The zero-order chi connectivity index (χ0) is 13.1. The highest BCUT2D eigenvalue weighted by Crippen LogP contribution is 2.36. The molecule has 0 amide bonds. The first-order valence-electron chi connectivity index (χ1n) is 6.50. The molecule has 3 nitrogen and oxygen atoms in total. The van der Waals surface area contributed by atoms with Gasteiger partial charge >= 0.3 is 5.97 Å². The smallest absolute Gasteiger partial charge is 0.323 e. The number of rotatable bonds is 6. The van der Waals surface area contributed by atoms with Crippen molar-refractivity contribution in [3.8, 4) is 0 Å². The Morgan fingerprint density at radius 2 is 2.22 bits per heavy atom. The summed E-state index contributed by atoms with van der Waals surface area (Å²) in [4.78, 5) is 13.1. The summed E-state index contributed by atoms with van der Waals surface area (Å²) >= 11 is 1.74. The molecule has 2 rings (SSSR count). The minimum absolute atomic E-state index is 0.125. The molecule has 1 heterocycles. The molecule has 0 aliphatic heterocycles. The van der Waals surface area contributed by atoms with Gasteiger partial charge in [0.25, 0.3) is 0 Å². The van der Waals surface area contributed by atoms with Crippen molar-refractivity contribution in [2.75, 3.05) is 7.11 Å². The van der Waals surface area contributed by atoms with E-state index in [0.29, 0.717) is 11.8 Å². The highest BCUT2D eigenvalue weighted by molar-refractivity contribution is 7.10. The number of ether oxygens (including phenoxy) is 1. The Labute approximate surface area is 113 Å². The average molecular weight is 267 g/mol. The van der Waals surface area contributed by atoms with Crippen molar-refractivity contribution >= 4 is 17.3 Å². The molecule has 1 aromatic rings. The first-order valence-corrected chi connectivity index (χ1v) is 7.38. The summed E-state index contributed by atoms with van der Waals surface area (Å²) in [5.41, 5.74) is 0. The minimum Gasteiger partial charge on any atom is -0.468 e. The van der Waals surface area contributed by atoms with Gasteiger partial charge in [-0.05, 0) is 36.1 Å². The number of hydrogen-bond acceptors (Lipinski definition) is 4. The molecule has 18 heavy (non-hydrogen) atoms. The van der Waals surface area contributed by atoms with Gasteiger partial charge in [0.1, 0.15) is 6.04 Å². The van der Waals surface area contributed by atoms with Crippen LogP contribution in [-0.2, 0) is 9.53 Å². The van der Waals surface area contributed by atoms with E-state index in [1.807, 2.05) is 0 Å². The van der Waals surface area contributed by atoms with Crippen LogP contribution in [0.5, 0.6) is 0 Å². The van der Waals surface area contributed by atoms with Gasteiger partial charge in [-0.25, -0.2) is 0 Å². The van der Waals surface area contributed by atoms with Crippen molar-refractivity contribution < 1.29 is 9.53 Å². The van der Waals surface area contributed by atoms with Crippen LogP contribution in [0.4, 0.5) is 0 Å². The summed E-state index contributed by atoms with van der Waals surface area (Å²) in [6, 6.07) is 4.27. The zero-order valence-corrected chi connectivity index (χ0v) is 12.0. The molecule has 1 aromatic heterocycles. The van der Waals surface area contributed by atoms with Crippen LogP contribution in [0.3, 0.4) is 0 Å². The fourth-order valence-corrected chi connectivity index (χ4v) is 3.18. The Balaban J connectivity index is 2.09. The number of thiophene rings is 1. The maximum atomic E-state index is 11.8. The molecule has 0 radical (unpaired) electrons. The van der Waals surface area contributed by atoms with Crippen LogP contribution in [-0.4, -0.2) is 19.1 Å². The number of esters is 1. The third kappa shape index (κ3) is 3.12. The minimum atomic E-state index is -0.149. The fourth-order valence-electron chi connectivity index (χ4n) is 2.22. The molecule has 0 saturated heterocycles. The Morgan fingerprint density at radius 1 is 1.50 bits per heavy atom. The SMILES string of the molecule is COC(=O)C(NC(c1cccs1)C(C)C)C1CC1. The molecule has 1 fully saturated rings. The van der Waals surface area contributed by atoms with Gasteiger partial charge in [0, 0.05) is 10.9 Å². The van der Waals surface area contributed by atoms with Crippen LogP contribution in [0.2, 0.25) is 0 Å². The number of nitrogens with one attached hydrogen (secondary N) is 1. The van der Waals surface area contributed by atoms with E-state index < -0.39 is 0 Å². The van der Waals surface area contributed by atoms with Crippen LogP contribution in [0, 0.1) is 11.8 Å². The molecule has 1 aliphatic rings. The van der Waals surface area contributed by atoms with Crippen molar-refractivity contribution in [3.05, 3.63) is 22.4 Å². The quantitative estimate of drug-likeness (QED) is 0.805. The van der Waals surface area contributed by atoms with Gasteiger partial charge in [-0.2, -0.15) is 0 Å². The molecule has 100 valence electrons. The average Bonchev–Trinajstić information content (AvgIpc) is 3.04. The highest BCUT2D eigenvalue weighted by Gasteiger charge is 2.38. The van der Waals surface area contributed by atoms with Crippen molar-refractivity contribution in [1.82, 2.24) is 5.32 Å². The number of carbonyl (C=O) groups is 1. The summed E-state index contributed by atoms with van der Waals surface area (Å²) < 4.78 is 4.91. The Bertz CT molecular complexity index is 385. The van der Waals surface area contributed by atoms with E-state index in [-0.39, 0.29) is 18.1 Å². The molecular weight excluding hydrogens is 246 g/mol.